The lowest BCUT2D eigenvalue weighted by atomic mass is 9.95. The molecule has 0 saturated carbocycles. The number of carbonyl (C=O) groups excluding carboxylic acids is 1. The molecule has 32 heavy (non-hydrogen) atoms. The molecule has 1 amide bonds. The van der Waals surface area contributed by atoms with Gasteiger partial charge in [-0.15, -0.1) is 0 Å². The lowest BCUT2D eigenvalue weighted by Crippen LogP contribution is -2.46. The Morgan fingerprint density at radius 2 is 1.69 bits per heavy atom. The van der Waals surface area contributed by atoms with Gasteiger partial charge < -0.3 is 18.9 Å². The third-order valence-corrected chi connectivity index (χ3v) is 8.57. The van der Waals surface area contributed by atoms with Gasteiger partial charge in [0.2, 0.25) is 15.9 Å². The maximum absolute atomic E-state index is 13.1. The number of hydrogen-bond acceptors (Lipinski definition) is 6. The van der Waals surface area contributed by atoms with Crippen LogP contribution in [-0.2, 0) is 14.8 Å². The van der Waals surface area contributed by atoms with Crippen LogP contribution < -0.4 is 9.47 Å². The summed E-state index contributed by atoms with van der Waals surface area (Å²) in [6, 6.07) is 5.13. The average Bonchev–Trinajstić information content (AvgIpc) is 3.38. The van der Waals surface area contributed by atoms with Crippen LogP contribution >= 0.6 is 0 Å². The monoisotopic (exact) mass is 460 g/mol. The van der Waals surface area contributed by atoms with Crippen LogP contribution in [0.15, 0.2) is 41.8 Å². The van der Waals surface area contributed by atoms with Gasteiger partial charge in [-0.05, 0) is 37.8 Å². The molecule has 4 heterocycles. The van der Waals surface area contributed by atoms with Crippen LogP contribution in [0.3, 0.4) is 0 Å². The second kappa shape index (κ2) is 8.74. The number of nitrogens with zero attached hydrogens (tertiary/aromatic N) is 4. The summed E-state index contributed by atoms with van der Waals surface area (Å²) in [5, 5.41) is 0. The molecular formula is C22H28N4O5S. The number of sulfonamides is 1. The molecule has 0 radical (unpaired) electrons. The highest BCUT2D eigenvalue weighted by Gasteiger charge is 2.35. The molecule has 0 N–H and O–H groups in total. The van der Waals surface area contributed by atoms with E-state index in [0.29, 0.717) is 56.7 Å². The second-order valence-electron chi connectivity index (χ2n) is 8.55. The van der Waals surface area contributed by atoms with Crippen molar-refractivity contribution in [2.75, 3.05) is 39.4 Å². The van der Waals surface area contributed by atoms with E-state index in [9.17, 15) is 13.2 Å². The van der Waals surface area contributed by atoms with Gasteiger partial charge in [-0.3, -0.25) is 4.79 Å². The molecule has 0 aliphatic carbocycles. The molecule has 1 aromatic carbocycles. The number of likely N-dealkylation sites (tertiary alicyclic amines) is 1. The molecule has 2 saturated heterocycles. The summed E-state index contributed by atoms with van der Waals surface area (Å²) < 4.78 is 40.9. The van der Waals surface area contributed by atoms with E-state index in [-0.39, 0.29) is 16.7 Å². The summed E-state index contributed by atoms with van der Waals surface area (Å²) in [6.07, 6.45) is 8.51. The first-order valence-corrected chi connectivity index (χ1v) is 12.6. The van der Waals surface area contributed by atoms with E-state index in [1.807, 2.05) is 17.4 Å². The van der Waals surface area contributed by atoms with E-state index < -0.39 is 10.0 Å². The molecule has 5 rings (SSSR count). The Morgan fingerprint density at radius 3 is 2.38 bits per heavy atom. The van der Waals surface area contributed by atoms with Crippen LogP contribution in [0.1, 0.15) is 31.7 Å². The predicted octanol–water partition coefficient (Wildman–Crippen LogP) is 1.92. The summed E-state index contributed by atoms with van der Waals surface area (Å²) in [4.78, 5) is 19.3. The van der Waals surface area contributed by atoms with Gasteiger partial charge in [-0.2, -0.15) is 4.31 Å². The van der Waals surface area contributed by atoms with Crippen LogP contribution in [0.2, 0.25) is 0 Å². The van der Waals surface area contributed by atoms with Crippen molar-refractivity contribution in [3.63, 3.8) is 0 Å². The molecule has 3 aliphatic rings. The summed E-state index contributed by atoms with van der Waals surface area (Å²) >= 11 is 0. The number of ether oxygens (including phenoxy) is 2. The first-order valence-electron chi connectivity index (χ1n) is 11.2. The van der Waals surface area contributed by atoms with Gasteiger partial charge in [0.15, 0.2) is 11.5 Å². The smallest absolute Gasteiger partial charge is 0.243 e. The molecule has 2 fully saturated rings. The van der Waals surface area contributed by atoms with E-state index in [1.165, 1.54) is 10.4 Å². The van der Waals surface area contributed by atoms with Gasteiger partial charge in [0.1, 0.15) is 13.2 Å². The fraction of sp³-hybridized carbons (Fsp3) is 0.545. The van der Waals surface area contributed by atoms with Gasteiger partial charge in [0, 0.05) is 56.6 Å². The largest absolute Gasteiger partial charge is 0.486 e. The maximum Gasteiger partial charge on any atom is 0.243 e. The highest BCUT2D eigenvalue weighted by Crippen LogP contribution is 2.34. The van der Waals surface area contributed by atoms with Gasteiger partial charge in [0.25, 0.3) is 0 Å². The first-order chi connectivity index (χ1) is 15.5. The van der Waals surface area contributed by atoms with Gasteiger partial charge in [-0.1, -0.05) is 0 Å². The van der Waals surface area contributed by atoms with Crippen molar-refractivity contribution in [2.45, 2.75) is 36.6 Å². The van der Waals surface area contributed by atoms with Crippen molar-refractivity contribution in [2.24, 2.45) is 5.92 Å². The number of hydrogen-bond donors (Lipinski definition) is 0. The van der Waals surface area contributed by atoms with Gasteiger partial charge in [-0.25, -0.2) is 13.4 Å². The van der Waals surface area contributed by atoms with Gasteiger partial charge in [0.05, 0.1) is 11.2 Å². The standard InChI is InChI=1S/C22H28N4O5S/c27-22(24-8-5-18(6-9-24)25-12-7-23-16-25)17-3-10-26(11-4-17)32(28,29)19-1-2-20-21(15-19)31-14-13-30-20/h1-2,7,12,15-18H,3-6,8-11,13-14H2. The number of aromatic nitrogens is 2. The molecule has 172 valence electrons. The molecule has 0 spiro atoms. The van der Waals surface area contributed by atoms with Crippen molar-refractivity contribution in [1.82, 2.24) is 18.8 Å². The van der Waals surface area contributed by atoms with Crippen molar-refractivity contribution in [3.8, 4) is 11.5 Å². The summed E-state index contributed by atoms with van der Waals surface area (Å²) in [5.74, 6) is 1.06. The van der Waals surface area contributed by atoms with Crippen LogP contribution in [0, 0.1) is 5.92 Å². The van der Waals surface area contributed by atoms with Crippen LogP contribution in [0.4, 0.5) is 0 Å². The molecule has 3 aliphatic heterocycles. The number of carbonyl (C=O) groups is 1. The van der Waals surface area contributed by atoms with E-state index in [4.69, 9.17) is 9.47 Å². The molecule has 1 aromatic heterocycles. The minimum atomic E-state index is -3.64. The molecule has 0 unspecified atom stereocenters. The molecule has 0 atom stereocenters. The molecule has 10 heteroatoms. The maximum atomic E-state index is 13.1. The number of rotatable bonds is 4. The number of amides is 1. The van der Waals surface area contributed by atoms with E-state index in [0.717, 1.165) is 25.9 Å². The zero-order valence-corrected chi connectivity index (χ0v) is 18.7. The molecule has 2 aromatic rings. The SMILES string of the molecule is O=C(C1CCN(S(=O)(=O)c2ccc3c(c2)OCCO3)CC1)N1CCC(n2ccnc2)CC1. The number of benzene rings is 1. The lowest BCUT2D eigenvalue weighted by molar-refractivity contribution is -0.138. The zero-order valence-electron chi connectivity index (χ0n) is 17.9. The highest BCUT2D eigenvalue weighted by molar-refractivity contribution is 7.89. The van der Waals surface area contributed by atoms with Crippen molar-refractivity contribution in [1.29, 1.82) is 0 Å². The number of imidazole rings is 1. The Morgan fingerprint density at radius 1 is 0.969 bits per heavy atom. The van der Waals surface area contributed by atoms with Crippen molar-refractivity contribution in [3.05, 3.63) is 36.9 Å². The van der Waals surface area contributed by atoms with E-state index in [1.54, 1.807) is 18.3 Å². The Hall–Kier alpha value is -2.59. The Bertz CT molecular complexity index is 1060. The lowest BCUT2D eigenvalue weighted by Gasteiger charge is -2.37. The van der Waals surface area contributed by atoms with Crippen LogP contribution in [0.5, 0.6) is 11.5 Å². The molecule has 0 bridgehead atoms. The zero-order chi connectivity index (χ0) is 22.1. The quantitative estimate of drug-likeness (QED) is 0.692. The first kappa shape index (κ1) is 21.3. The Kier molecular flexibility index (Phi) is 5.81. The number of fused-ring (bicyclic) bond motifs is 1. The van der Waals surface area contributed by atoms with Gasteiger partial charge >= 0.3 is 0 Å². The minimum absolute atomic E-state index is 0.119. The van der Waals surface area contributed by atoms with Crippen molar-refractivity contribution < 1.29 is 22.7 Å². The summed E-state index contributed by atoms with van der Waals surface area (Å²) in [6.45, 7) is 3.03. The fourth-order valence-electron chi connectivity index (χ4n) is 4.80. The number of piperidine rings is 2. The highest BCUT2D eigenvalue weighted by atomic mass is 32.2. The van der Waals surface area contributed by atoms with Crippen LogP contribution in [0.25, 0.3) is 0 Å². The third-order valence-electron chi connectivity index (χ3n) is 6.68. The van der Waals surface area contributed by atoms with E-state index in [2.05, 4.69) is 9.55 Å². The van der Waals surface area contributed by atoms with Crippen molar-refractivity contribution >= 4 is 15.9 Å². The fourth-order valence-corrected chi connectivity index (χ4v) is 6.29. The third kappa shape index (κ3) is 4.09. The minimum Gasteiger partial charge on any atom is -0.486 e. The topological polar surface area (TPSA) is 94.0 Å². The summed E-state index contributed by atoms with van der Waals surface area (Å²) in [5.41, 5.74) is 0. The second-order valence-corrected chi connectivity index (χ2v) is 10.5. The normalized spacial score (nSPS) is 20.9. The average molecular weight is 461 g/mol. The molecular weight excluding hydrogens is 432 g/mol. The van der Waals surface area contributed by atoms with E-state index >= 15 is 0 Å². The Labute approximate surface area is 188 Å². The summed E-state index contributed by atoms with van der Waals surface area (Å²) in [7, 11) is -3.64. The van der Waals surface area contributed by atoms with Crippen LogP contribution in [-0.4, -0.2) is 72.5 Å². The Balaban J connectivity index is 1.17. The molecule has 9 nitrogen and oxygen atoms in total. The predicted molar refractivity (Wildman–Crippen MR) is 116 cm³/mol.